The van der Waals surface area contributed by atoms with Gasteiger partial charge in [0.15, 0.2) is 6.23 Å². The maximum absolute atomic E-state index is 15.9. The second-order valence-corrected chi connectivity index (χ2v) is 19.2. The normalized spacial score (nSPS) is 18.6. The lowest BCUT2D eigenvalue weighted by Crippen LogP contribution is -2.49. The zero-order valence-electron chi connectivity index (χ0n) is 38.6. The number of halogens is 2. The van der Waals surface area contributed by atoms with Crippen LogP contribution >= 0.6 is 0 Å². The number of nitrogens with one attached hydrogen (secondary N) is 1. The smallest absolute Gasteiger partial charge is 0.262 e. The monoisotopic (exact) mass is 923 g/mol. The van der Waals surface area contributed by atoms with Crippen LogP contribution in [0.15, 0.2) is 152 Å². The largest absolute Gasteiger partial charge is 0.374 e. The fourth-order valence-corrected chi connectivity index (χ4v) is 10.1. The second kappa shape index (κ2) is 18.1. The number of imide groups is 1. The van der Waals surface area contributed by atoms with E-state index in [4.69, 9.17) is 18.9 Å². The van der Waals surface area contributed by atoms with E-state index in [2.05, 4.69) is 25.8 Å². The molecule has 0 saturated carbocycles. The Balaban J connectivity index is 1.12. The zero-order valence-corrected chi connectivity index (χ0v) is 38.6. The van der Waals surface area contributed by atoms with Crippen LogP contribution in [0.5, 0.6) is 0 Å². The van der Waals surface area contributed by atoms with Crippen LogP contribution in [-0.4, -0.2) is 51.2 Å². The predicted octanol–water partition coefficient (Wildman–Crippen LogP) is 12.5. The van der Waals surface area contributed by atoms with Gasteiger partial charge in [-0.25, -0.2) is 8.78 Å². The van der Waals surface area contributed by atoms with Gasteiger partial charge in [-0.05, 0) is 69.6 Å². The van der Waals surface area contributed by atoms with Crippen molar-refractivity contribution in [3.63, 3.8) is 0 Å². The number of carbonyl (C=O) groups is 2. The molecule has 348 valence electrons. The molecule has 2 aliphatic heterocycles. The van der Waals surface area contributed by atoms with E-state index in [-0.39, 0.29) is 42.9 Å². The van der Waals surface area contributed by atoms with E-state index in [0.29, 0.717) is 56.6 Å². The van der Waals surface area contributed by atoms with Gasteiger partial charge in [0.05, 0.1) is 72.9 Å². The van der Waals surface area contributed by atoms with Gasteiger partial charge in [0.25, 0.3) is 11.8 Å². The Hall–Kier alpha value is -7.02. The van der Waals surface area contributed by atoms with Gasteiger partial charge in [-0.2, -0.15) is 0 Å². The highest BCUT2D eigenvalue weighted by atomic mass is 19.1. The summed E-state index contributed by atoms with van der Waals surface area (Å²) in [6.07, 6.45) is -2.41. The average Bonchev–Trinajstić information content (AvgIpc) is 3.97. The summed E-state index contributed by atoms with van der Waals surface area (Å²) in [6.45, 7) is 7.44. The number of hydrogen-bond acceptors (Lipinski definition) is 6. The number of carbonyl (C=O) groups excluding carboxylic acids is 2. The molecule has 2 aromatic heterocycles. The SMILES string of the molecule is CC(C)(C)c1ccc(CN2C(=O)c3c(c4c5cc(F)ccc5n([C@@H]5O[C@H](COCc6ccccc6)C[C@H](OCc6ccccc6)[C@H]5OCc5ccccc5)c4c4[nH]c5ccc(F)cc5c34)C2=O)cc1. The van der Waals surface area contributed by atoms with E-state index in [1.54, 1.807) is 12.1 Å². The average molecular weight is 924 g/mol. The molecule has 0 spiro atoms. The first-order valence-electron chi connectivity index (χ1n) is 23.4. The van der Waals surface area contributed by atoms with Crippen LogP contribution < -0.4 is 0 Å². The summed E-state index contributed by atoms with van der Waals surface area (Å²) in [7, 11) is 0. The number of H-pyrrole nitrogens is 1. The third-order valence-corrected chi connectivity index (χ3v) is 13.5. The molecule has 0 bridgehead atoms. The molecule has 11 heteroatoms. The zero-order chi connectivity index (χ0) is 47.4. The van der Waals surface area contributed by atoms with E-state index in [1.165, 1.54) is 29.2 Å². The number of benzene rings is 7. The summed E-state index contributed by atoms with van der Waals surface area (Å²) in [5, 5.41) is 1.59. The molecule has 1 fully saturated rings. The minimum Gasteiger partial charge on any atom is -0.374 e. The fraction of sp³-hybridized carbons (Fsp3) is 0.241. The van der Waals surface area contributed by atoms with E-state index in [9.17, 15) is 0 Å². The van der Waals surface area contributed by atoms with Gasteiger partial charge in [-0.3, -0.25) is 14.5 Å². The molecule has 1 N–H and O–H groups in total. The van der Waals surface area contributed by atoms with Crippen LogP contribution in [-0.2, 0) is 50.7 Å². The lowest BCUT2D eigenvalue weighted by molar-refractivity contribution is -0.238. The summed E-state index contributed by atoms with van der Waals surface area (Å²) in [4.78, 5) is 35.0. The molecule has 11 rings (SSSR count). The molecule has 1 saturated heterocycles. The molecular formula is C58H51F2N3O6. The quantitative estimate of drug-likeness (QED) is 0.116. The van der Waals surface area contributed by atoms with E-state index < -0.39 is 48.0 Å². The molecule has 9 aromatic rings. The summed E-state index contributed by atoms with van der Waals surface area (Å²) >= 11 is 0. The van der Waals surface area contributed by atoms with Gasteiger partial charge in [-0.15, -0.1) is 0 Å². The van der Waals surface area contributed by atoms with Crippen LogP contribution in [0.3, 0.4) is 0 Å². The van der Waals surface area contributed by atoms with Gasteiger partial charge < -0.3 is 28.5 Å². The summed E-state index contributed by atoms with van der Waals surface area (Å²) < 4.78 is 60.8. The lowest BCUT2D eigenvalue weighted by Gasteiger charge is -2.42. The molecule has 4 atom stereocenters. The molecule has 0 radical (unpaired) electrons. The molecule has 2 amide bonds. The van der Waals surface area contributed by atoms with Crippen molar-refractivity contribution in [2.75, 3.05) is 6.61 Å². The molecule has 9 nitrogen and oxygen atoms in total. The Morgan fingerprint density at radius 1 is 0.652 bits per heavy atom. The Morgan fingerprint density at radius 3 is 1.87 bits per heavy atom. The lowest BCUT2D eigenvalue weighted by atomic mass is 9.87. The number of hydrogen-bond donors (Lipinski definition) is 1. The van der Waals surface area contributed by atoms with Gasteiger partial charge in [0.2, 0.25) is 0 Å². The maximum atomic E-state index is 15.9. The molecule has 0 unspecified atom stereocenters. The topological polar surface area (TPSA) is 95.0 Å². The first kappa shape index (κ1) is 44.5. The maximum Gasteiger partial charge on any atom is 0.262 e. The summed E-state index contributed by atoms with van der Waals surface area (Å²) in [5.74, 6) is -2.09. The number of aromatic nitrogens is 2. The van der Waals surface area contributed by atoms with Crippen LogP contribution in [0.4, 0.5) is 8.78 Å². The number of amides is 2. The Kier molecular flexibility index (Phi) is 11.7. The van der Waals surface area contributed by atoms with Crippen LogP contribution in [0.2, 0.25) is 0 Å². The Morgan fingerprint density at radius 2 is 1.23 bits per heavy atom. The van der Waals surface area contributed by atoms with E-state index in [0.717, 1.165) is 27.8 Å². The predicted molar refractivity (Wildman–Crippen MR) is 263 cm³/mol. The first-order chi connectivity index (χ1) is 33.5. The van der Waals surface area contributed by atoms with Crippen molar-refractivity contribution in [2.45, 2.75) is 83.5 Å². The standard InChI is InChI=1S/C58H51F2N3O6/c1-58(2,3)39-21-19-35(20-22-39)30-62-55(64)50-48-43-27-40(59)23-25-45(43)61-52(48)53-49(51(50)56(62)65)44-28-41(60)24-26-46(44)63(53)57-54(68-33-38-17-11-6-12-18-38)47(67-32-37-15-9-5-10-16-37)29-42(69-57)34-66-31-36-13-7-4-8-14-36/h4-28,42,47,54,57,61H,29-34H2,1-3H3/t42-,47-,54+,57+/m0/s1. The number of aromatic amines is 1. The number of ether oxygens (including phenoxy) is 4. The third-order valence-electron chi connectivity index (χ3n) is 13.5. The first-order valence-corrected chi connectivity index (χ1v) is 23.4. The molecule has 2 aliphatic rings. The number of rotatable bonds is 13. The fourth-order valence-electron chi connectivity index (χ4n) is 10.1. The second-order valence-electron chi connectivity index (χ2n) is 19.2. The van der Waals surface area contributed by atoms with Gasteiger partial charge in [-0.1, -0.05) is 136 Å². The van der Waals surface area contributed by atoms with Crippen molar-refractivity contribution in [3.05, 3.63) is 202 Å². The van der Waals surface area contributed by atoms with Crippen molar-refractivity contribution in [1.82, 2.24) is 14.5 Å². The molecule has 4 heterocycles. The van der Waals surface area contributed by atoms with Crippen molar-refractivity contribution in [3.8, 4) is 0 Å². The van der Waals surface area contributed by atoms with Crippen molar-refractivity contribution in [2.24, 2.45) is 0 Å². The van der Waals surface area contributed by atoms with Gasteiger partial charge >= 0.3 is 0 Å². The molecular weight excluding hydrogens is 873 g/mol. The molecule has 69 heavy (non-hydrogen) atoms. The highest BCUT2D eigenvalue weighted by Crippen LogP contribution is 2.48. The minimum atomic E-state index is -0.965. The highest BCUT2D eigenvalue weighted by Gasteiger charge is 2.46. The van der Waals surface area contributed by atoms with Gasteiger partial charge in [0.1, 0.15) is 17.7 Å². The van der Waals surface area contributed by atoms with Crippen molar-refractivity contribution >= 4 is 55.4 Å². The highest BCUT2D eigenvalue weighted by molar-refractivity contribution is 6.39. The molecule has 0 aliphatic carbocycles. The van der Waals surface area contributed by atoms with Crippen LogP contribution in [0.25, 0.3) is 43.6 Å². The van der Waals surface area contributed by atoms with Crippen LogP contribution in [0.1, 0.15) is 82.0 Å². The minimum absolute atomic E-state index is 0.00426. The summed E-state index contributed by atoms with van der Waals surface area (Å²) in [6, 6.07) is 46.4. The van der Waals surface area contributed by atoms with E-state index in [1.807, 2.05) is 120 Å². The van der Waals surface area contributed by atoms with Gasteiger partial charge in [0, 0.05) is 33.5 Å². The number of fused-ring (bicyclic) bond motifs is 10. The number of nitrogens with zero attached hydrogens (tertiary/aromatic N) is 2. The van der Waals surface area contributed by atoms with Crippen molar-refractivity contribution in [1.29, 1.82) is 0 Å². The van der Waals surface area contributed by atoms with Crippen molar-refractivity contribution < 1.29 is 37.3 Å². The Labute approximate surface area is 398 Å². The third kappa shape index (κ3) is 8.39. The summed E-state index contributed by atoms with van der Waals surface area (Å²) in [5.41, 5.74) is 6.98. The van der Waals surface area contributed by atoms with E-state index >= 15 is 18.4 Å². The Bertz CT molecular complexity index is 3370. The molecule has 7 aromatic carbocycles. The van der Waals surface area contributed by atoms with Crippen LogP contribution in [0, 0.1) is 11.6 Å².